The minimum atomic E-state index is -0.991. The third-order valence-electron chi connectivity index (χ3n) is 5.02. The summed E-state index contributed by atoms with van der Waals surface area (Å²) in [6, 6.07) is 16.5. The second kappa shape index (κ2) is 8.15. The standard InChI is InChI=1S/C21H24N2O3/c1-15(22-20(24)17-7-9-18(10-8-17)21(25)26)19-11-12-23(14-19)13-16-5-3-2-4-6-16/h2-10,15,19H,11-14H2,1H3,(H,22,24)(H,25,26). The summed E-state index contributed by atoms with van der Waals surface area (Å²) in [5.41, 5.74) is 1.98. The van der Waals surface area contributed by atoms with Crippen molar-refractivity contribution in [2.24, 2.45) is 5.92 Å². The SMILES string of the molecule is CC(NC(=O)c1ccc(C(=O)O)cc1)C1CCN(Cc2ccccc2)C1. The molecule has 3 rings (SSSR count). The van der Waals surface area contributed by atoms with Crippen LogP contribution in [0.25, 0.3) is 0 Å². The highest BCUT2D eigenvalue weighted by atomic mass is 16.4. The van der Waals surface area contributed by atoms with Crippen LogP contribution in [0.2, 0.25) is 0 Å². The van der Waals surface area contributed by atoms with Gasteiger partial charge in [-0.05, 0) is 55.6 Å². The Kier molecular flexibility index (Phi) is 5.68. The molecule has 0 aliphatic carbocycles. The fraction of sp³-hybridized carbons (Fsp3) is 0.333. The van der Waals surface area contributed by atoms with Gasteiger partial charge in [-0.2, -0.15) is 0 Å². The second-order valence-electron chi connectivity index (χ2n) is 6.91. The number of carbonyl (C=O) groups excluding carboxylic acids is 1. The summed E-state index contributed by atoms with van der Waals surface area (Å²) in [6.07, 6.45) is 1.06. The Hall–Kier alpha value is -2.66. The number of amides is 1. The topological polar surface area (TPSA) is 69.6 Å². The lowest BCUT2D eigenvalue weighted by Gasteiger charge is -2.22. The van der Waals surface area contributed by atoms with Crippen LogP contribution in [0.5, 0.6) is 0 Å². The molecule has 2 aromatic rings. The summed E-state index contributed by atoms with van der Waals surface area (Å²) in [6.45, 7) is 4.98. The number of carboxylic acid groups (broad SMARTS) is 1. The monoisotopic (exact) mass is 352 g/mol. The van der Waals surface area contributed by atoms with E-state index in [9.17, 15) is 9.59 Å². The normalized spacial score (nSPS) is 18.4. The number of likely N-dealkylation sites (tertiary alicyclic amines) is 1. The van der Waals surface area contributed by atoms with Gasteiger partial charge in [0, 0.05) is 24.7 Å². The van der Waals surface area contributed by atoms with Crippen molar-refractivity contribution in [2.45, 2.75) is 25.9 Å². The number of carboxylic acids is 1. The van der Waals surface area contributed by atoms with E-state index >= 15 is 0 Å². The Labute approximate surface area is 153 Å². The van der Waals surface area contributed by atoms with E-state index in [0.717, 1.165) is 26.1 Å². The molecule has 0 radical (unpaired) electrons. The third kappa shape index (κ3) is 4.49. The van der Waals surface area contributed by atoms with Crippen molar-refractivity contribution in [3.63, 3.8) is 0 Å². The van der Waals surface area contributed by atoms with Crippen molar-refractivity contribution in [1.82, 2.24) is 10.2 Å². The first-order valence-electron chi connectivity index (χ1n) is 8.93. The Bertz CT molecular complexity index is 759. The van der Waals surface area contributed by atoms with Crippen LogP contribution in [0.1, 0.15) is 39.6 Å². The number of aromatic carboxylic acids is 1. The van der Waals surface area contributed by atoms with Crippen molar-refractivity contribution in [3.8, 4) is 0 Å². The van der Waals surface area contributed by atoms with Gasteiger partial charge in [0.15, 0.2) is 0 Å². The van der Waals surface area contributed by atoms with Gasteiger partial charge in [-0.15, -0.1) is 0 Å². The van der Waals surface area contributed by atoms with E-state index in [2.05, 4.69) is 34.5 Å². The highest BCUT2D eigenvalue weighted by Crippen LogP contribution is 2.22. The molecule has 1 aliphatic heterocycles. The number of hydrogen-bond acceptors (Lipinski definition) is 3. The van der Waals surface area contributed by atoms with Crippen LogP contribution in [0.3, 0.4) is 0 Å². The van der Waals surface area contributed by atoms with E-state index in [4.69, 9.17) is 5.11 Å². The van der Waals surface area contributed by atoms with Crippen LogP contribution >= 0.6 is 0 Å². The zero-order valence-corrected chi connectivity index (χ0v) is 14.9. The molecule has 0 aromatic heterocycles. The van der Waals surface area contributed by atoms with Crippen LogP contribution in [0, 0.1) is 5.92 Å². The van der Waals surface area contributed by atoms with Crippen LogP contribution < -0.4 is 5.32 Å². The molecule has 1 fully saturated rings. The lowest BCUT2D eigenvalue weighted by Crippen LogP contribution is -2.39. The predicted molar refractivity (Wildman–Crippen MR) is 100 cm³/mol. The molecular formula is C21H24N2O3. The molecule has 136 valence electrons. The van der Waals surface area contributed by atoms with Gasteiger partial charge < -0.3 is 10.4 Å². The predicted octanol–water partition coefficient (Wildman–Crippen LogP) is 3.03. The summed E-state index contributed by atoms with van der Waals surface area (Å²) in [5.74, 6) is -0.730. The molecule has 1 saturated heterocycles. The average Bonchev–Trinajstić information content (AvgIpc) is 3.11. The van der Waals surface area contributed by atoms with Gasteiger partial charge >= 0.3 is 5.97 Å². The highest BCUT2D eigenvalue weighted by Gasteiger charge is 2.28. The maximum Gasteiger partial charge on any atom is 0.335 e. The summed E-state index contributed by atoms with van der Waals surface area (Å²) < 4.78 is 0. The first-order valence-corrected chi connectivity index (χ1v) is 8.93. The Balaban J connectivity index is 1.52. The number of hydrogen-bond donors (Lipinski definition) is 2. The first-order chi connectivity index (χ1) is 12.5. The van der Waals surface area contributed by atoms with E-state index < -0.39 is 5.97 Å². The van der Waals surface area contributed by atoms with E-state index in [1.54, 1.807) is 12.1 Å². The lowest BCUT2D eigenvalue weighted by molar-refractivity contribution is 0.0696. The maximum atomic E-state index is 12.4. The van der Waals surface area contributed by atoms with E-state index in [0.29, 0.717) is 11.5 Å². The molecule has 2 atom stereocenters. The zero-order chi connectivity index (χ0) is 18.5. The summed E-state index contributed by atoms with van der Waals surface area (Å²) in [4.78, 5) is 25.7. The van der Waals surface area contributed by atoms with Crippen LogP contribution in [0.15, 0.2) is 54.6 Å². The van der Waals surface area contributed by atoms with Gasteiger partial charge in [-0.1, -0.05) is 30.3 Å². The molecule has 1 aliphatic rings. The first kappa shape index (κ1) is 18.1. The number of benzene rings is 2. The molecule has 5 heteroatoms. The van der Waals surface area contributed by atoms with Crippen molar-refractivity contribution in [3.05, 3.63) is 71.3 Å². The summed E-state index contributed by atoms with van der Waals surface area (Å²) in [7, 11) is 0. The molecule has 5 nitrogen and oxygen atoms in total. The van der Waals surface area contributed by atoms with Crippen LogP contribution in [-0.4, -0.2) is 41.0 Å². The van der Waals surface area contributed by atoms with Gasteiger partial charge in [-0.3, -0.25) is 9.69 Å². The molecule has 26 heavy (non-hydrogen) atoms. The molecule has 1 heterocycles. The van der Waals surface area contributed by atoms with Gasteiger partial charge in [0.1, 0.15) is 0 Å². The van der Waals surface area contributed by atoms with Gasteiger partial charge in [0.05, 0.1) is 5.56 Å². The molecule has 2 aromatic carbocycles. The van der Waals surface area contributed by atoms with Crippen LogP contribution in [-0.2, 0) is 6.54 Å². The Morgan fingerprint density at radius 2 is 1.77 bits per heavy atom. The fourth-order valence-corrected chi connectivity index (χ4v) is 3.43. The van der Waals surface area contributed by atoms with Crippen molar-refractivity contribution >= 4 is 11.9 Å². The van der Waals surface area contributed by atoms with Gasteiger partial charge in [0.2, 0.25) is 0 Å². The summed E-state index contributed by atoms with van der Waals surface area (Å²) in [5, 5.41) is 12.0. The van der Waals surface area contributed by atoms with E-state index in [-0.39, 0.29) is 17.5 Å². The molecule has 0 saturated carbocycles. The van der Waals surface area contributed by atoms with Gasteiger partial charge in [0.25, 0.3) is 5.91 Å². The maximum absolute atomic E-state index is 12.4. The van der Waals surface area contributed by atoms with Crippen LogP contribution in [0.4, 0.5) is 0 Å². The molecule has 2 unspecified atom stereocenters. The number of rotatable bonds is 6. The molecule has 0 spiro atoms. The smallest absolute Gasteiger partial charge is 0.335 e. The quantitative estimate of drug-likeness (QED) is 0.838. The third-order valence-corrected chi connectivity index (χ3v) is 5.02. The largest absolute Gasteiger partial charge is 0.478 e. The van der Waals surface area contributed by atoms with Crippen molar-refractivity contribution in [2.75, 3.05) is 13.1 Å². The van der Waals surface area contributed by atoms with Crippen molar-refractivity contribution < 1.29 is 14.7 Å². The van der Waals surface area contributed by atoms with Crippen molar-refractivity contribution in [1.29, 1.82) is 0 Å². The van der Waals surface area contributed by atoms with E-state index in [1.165, 1.54) is 17.7 Å². The second-order valence-corrected chi connectivity index (χ2v) is 6.91. The average molecular weight is 352 g/mol. The molecular weight excluding hydrogens is 328 g/mol. The zero-order valence-electron chi connectivity index (χ0n) is 14.9. The molecule has 1 amide bonds. The minimum Gasteiger partial charge on any atom is -0.478 e. The molecule has 2 N–H and O–H groups in total. The Morgan fingerprint density at radius 3 is 2.42 bits per heavy atom. The fourth-order valence-electron chi connectivity index (χ4n) is 3.43. The number of nitrogens with one attached hydrogen (secondary N) is 1. The lowest BCUT2D eigenvalue weighted by atomic mass is 10.00. The summed E-state index contributed by atoms with van der Waals surface area (Å²) >= 11 is 0. The highest BCUT2D eigenvalue weighted by molar-refractivity contribution is 5.96. The Morgan fingerprint density at radius 1 is 1.12 bits per heavy atom. The van der Waals surface area contributed by atoms with E-state index in [1.807, 2.05) is 13.0 Å². The number of carbonyl (C=O) groups is 2. The minimum absolute atomic E-state index is 0.0717. The van der Waals surface area contributed by atoms with Gasteiger partial charge in [-0.25, -0.2) is 4.79 Å². The molecule has 0 bridgehead atoms. The number of nitrogens with zero attached hydrogens (tertiary/aromatic N) is 1.